The summed E-state index contributed by atoms with van der Waals surface area (Å²) in [5, 5.41) is 12.6. The molecule has 0 bridgehead atoms. The molecule has 1 aromatic carbocycles. The molecular weight excluding hydrogens is 262 g/mol. The van der Waals surface area contributed by atoms with Crippen LogP contribution in [0.5, 0.6) is 11.5 Å². The summed E-state index contributed by atoms with van der Waals surface area (Å²) in [4.78, 5) is 4.34. The molecule has 1 N–H and O–H groups in total. The van der Waals surface area contributed by atoms with Gasteiger partial charge in [0, 0.05) is 22.7 Å². The second-order valence-electron chi connectivity index (χ2n) is 4.25. The van der Waals surface area contributed by atoms with Crippen molar-refractivity contribution < 1.29 is 14.6 Å². The zero-order valence-electron chi connectivity index (χ0n) is 11.2. The molecule has 0 aliphatic carbocycles. The van der Waals surface area contributed by atoms with Gasteiger partial charge in [-0.25, -0.2) is 4.98 Å². The van der Waals surface area contributed by atoms with Crippen LogP contribution in [0.4, 0.5) is 0 Å². The van der Waals surface area contributed by atoms with Gasteiger partial charge in [-0.3, -0.25) is 0 Å². The predicted molar refractivity (Wildman–Crippen MR) is 74.8 cm³/mol. The first-order valence-electron chi connectivity index (χ1n) is 6.00. The first-order valence-corrected chi connectivity index (χ1v) is 6.88. The molecule has 1 heterocycles. The Labute approximate surface area is 116 Å². The molecule has 0 radical (unpaired) electrons. The Balaban J connectivity index is 2.17. The Kier molecular flexibility index (Phi) is 4.39. The number of rotatable bonds is 5. The van der Waals surface area contributed by atoms with Crippen LogP contribution in [0.3, 0.4) is 0 Å². The van der Waals surface area contributed by atoms with Crippen molar-refractivity contribution >= 4 is 11.3 Å². The lowest BCUT2D eigenvalue weighted by atomic mass is 10.1. The van der Waals surface area contributed by atoms with E-state index >= 15 is 0 Å². The van der Waals surface area contributed by atoms with Crippen LogP contribution >= 0.6 is 11.3 Å². The molecule has 1 aromatic heterocycles. The Morgan fingerprint density at radius 1 is 1.42 bits per heavy atom. The number of aryl methyl sites for hydroxylation is 1. The Morgan fingerprint density at radius 3 is 2.79 bits per heavy atom. The second-order valence-corrected chi connectivity index (χ2v) is 5.19. The number of benzene rings is 1. The van der Waals surface area contributed by atoms with Crippen molar-refractivity contribution in [3.8, 4) is 11.5 Å². The summed E-state index contributed by atoms with van der Waals surface area (Å²) >= 11 is 1.56. The van der Waals surface area contributed by atoms with E-state index in [9.17, 15) is 5.11 Å². The Bertz CT molecular complexity index is 551. The number of aromatic nitrogens is 1. The van der Waals surface area contributed by atoms with E-state index in [2.05, 4.69) is 4.98 Å². The highest BCUT2D eigenvalue weighted by atomic mass is 32.1. The highest BCUT2D eigenvalue weighted by Crippen LogP contribution is 2.30. The van der Waals surface area contributed by atoms with Crippen LogP contribution < -0.4 is 9.47 Å². The van der Waals surface area contributed by atoms with Crippen molar-refractivity contribution in [3.63, 3.8) is 0 Å². The van der Waals surface area contributed by atoms with Gasteiger partial charge < -0.3 is 14.6 Å². The summed E-state index contributed by atoms with van der Waals surface area (Å²) in [6.07, 6.45) is -0.584. The molecule has 19 heavy (non-hydrogen) atoms. The number of hydrogen-bond donors (Lipinski definition) is 1. The van der Waals surface area contributed by atoms with Crippen molar-refractivity contribution in [2.75, 3.05) is 7.11 Å². The van der Waals surface area contributed by atoms with Gasteiger partial charge in [0.15, 0.2) is 0 Å². The molecule has 0 saturated heterocycles. The third-order valence-corrected chi connectivity index (χ3v) is 3.63. The largest absolute Gasteiger partial charge is 0.497 e. The van der Waals surface area contributed by atoms with Gasteiger partial charge in [0.2, 0.25) is 0 Å². The van der Waals surface area contributed by atoms with E-state index in [4.69, 9.17) is 9.47 Å². The van der Waals surface area contributed by atoms with Gasteiger partial charge in [0.1, 0.15) is 23.1 Å². The van der Waals surface area contributed by atoms with Crippen molar-refractivity contribution in [3.05, 3.63) is 39.8 Å². The molecule has 0 unspecified atom stereocenters. The van der Waals surface area contributed by atoms with E-state index in [1.807, 2.05) is 24.4 Å². The number of aliphatic hydroxyl groups excluding tert-OH is 1. The molecule has 4 nitrogen and oxygen atoms in total. The predicted octanol–water partition coefficient (Wildman–Crippen LogP) is 3.09. The Morgan fingerprint density at radius 2 is 2.21 bits per heavy atom. The maximum Gasteiger partial charge on any atom is 0.140 e. The number of aliphatic hydroxyl groups is 1. The molecule has 102 valence electrons. The first-order chi connectivity index (χ1) is 9.10. The highest BCUT2D eigenvalue weighted by molar-refractivity contribution is 7.09. The third-order valence-electron chi connectivity index (χ3n) is 2.69. The fourth-order valence-electron chi connectivity index (χ4n) is 1.72. The maximum absolute atomic E-state index is 9.74. The quantitative estimate of drug-likeness (QED) is 0.913. The lowest BCUT2D eigenvalue weighted by Crippen LogP contribution is -2.01. The van der Waals surface area contributed by atoms with E-state index in [1.165, 1.54) is 0 Å². The summed E-state index contributed by atoms with van der Waals surface area (Å²) in [6, 6.07) is 5.40. The number of nitrogens with zero attached hydrogens (tertiary/aromatic N) is 1. The maximum atomic E-state index is 9.74. The van der Waals surface area contributed by atoms with Gasteiger partial charge in [-0.05, 0) is 26.0 Å². The summed E-state index contributed by atoms with van der Waals surface area (Å²) < 4.78 is 10.9. The van der Waals surface area contributed by atoms with Crippen LogP contribution in [-0.2, 0) is 6.61 Å². The van der Waals surface area contributed by atoms with Gasteiger partial charge in [0.25, 0.3) is 0 Å². The molecule has 0 aliphatic heterocycles. The highest BCUT2D eigenvalue weighted by Gasteiger charge is 2.11. The van der Waals surface area contributed by atoms with Crippen LogP contribution in [0, 0.1) is 6.92 Å². The van der Waals surface area contributed by atoms with Gasteiger partial charge in [-0.2, -0.15) is 0 Å². The molecule has 2 aromatic rings. The fraction of sp³-hybridized carbons (Fsp3) is 0.357. The molecule has 2 rings (SSSR count). The molecule has 0 spiro atoms. The molecule has 0 fully saturated rings. The average molecular weight is 279 g/mol. The standard InChI is InChI=1S/C14H17NO3S/c1-9-8-19-14(15-9)7-18-13-6-11(17-3)4-5-12(13)10(2)16/h4-6,8,10,16H,7H2,1-3H3/t10-/m1/s1. The Hall–Kier alpha value is -1.59. The molecule has 1 atom stereocenters. The van der Waals surface area contributed by atoms with Crippen LogP contribution in [0.15, 0.2) is 23.6 Å². The van der Waals surface area contributed by atoms with E-state index in [0.29, 0.717) is 18.1 Å². The van der Waals surface area contributed by atoms with E-state index < -0.39 is 6.10 Å². The lowest BCUT2D eigenvalue weighted by molar-refractivity contribution is 0.190. The van der Waals surface area contributed by atoms with E-state index in [0.717, 1.165) is 16.3 Å². The first kappa shape index (κ1) is 13.8. The number of thiazole rings is 1. The van der Waals surface area contributed by atoms with E-state index in [-0.39, 0.29) is 0 Å². The second kappa shape index (κ2) is 6.04. The molecule has 0 aliphatic rings. The van der Waals surface area contributed by atoms with Crippen LogP contribution in [0.25, 0.3) is 0 Å². The van der Waals surface area contributed by atoms with Crippen molar-refractivity contribution in [2.45, 2.75) is 26.6 Å². The van der Waals surface area contributed by atoms with Crippen LogP contribution in [-0.4, -0.2) is 17.2 Å². The molecule has 5 heteroatoms. The molecular formula is C14H17NO3S. The van der Waals surface area contributed by atoms with E-state index in [1.54, 1.807) is 31.4 Å². The van der Waals surface area contributed by atoms with Gasteiger partial charge >= 0.3 is 0 Å². The minimum atomic E-state index is -0.584. The average Bonchev–Trinajstić information content (AvgIpc) is 2.81. The van der Waals surface area contributed by atoms with Crippen molar-refractivity contribution in [2.24, 2.45) is 0 Å². The topological polar surface area (TPSA) is 51.6 Å². The minimum Gasteiger partial charge on any atom is -0.497 e. The van der Waals surface area contributed by atoms with Gasteiger partial charge in [0.05, 0.1) is 13.2 Å². The summed E-state index contributed by atoms with van der Waals surface area (Å²) in [6.45, 7) is 4.06. The summed E-state index contributed by atoms with van der Waals surface area (Å²) in [7, 11) is 1.60. The van der Waals surface area contributed by atoms with Crippen LogP contribution in [0.2, 0.25) is 0 Å². The number of methoxy groups -OCH3 is 1. The van der Waals surface area contributed by atoms with Crippen LogP contribution in [0.1, 0.15) is 29.3 Å². The number of hydrogen-bond acceptors (Lipinski definition) is 5. The monoisotopic (exact) mass is 279 g/mol. The van der Waals surface area contributed by atoms with Crippen molar-refractivity contribution in [1.29, 1.82) is 0 Å². The van der Waals surface area contributed by atoms with Gasteiger partial charge in [-0.15, -0.1) is 11.3 Å². The molecule has 0 amide bonds. The minimum absolute atomic E-state index is 0.394. The smallest absolute Gasteiger partial charge is 0.140 e. The van der Waals surface area contributed by atoms with Crippen molar-refractivity contribution in [1.82, 2.24) is 4.98 Å². The normalized spacial score (nSPS) is 12.2. The fourth-order valence-corrected chi connectivity index (χ4v) is 2.40. The molecule has 0 saturated carbocycles. The zero-order valence-corrected chi connectivity index (χ0v) is 12.0. The number of ether oxygens (including phenoxy) is 2. The summed E-state index contributed by atoms with van der Waals surface area (Å²) in [5.41, 5.74) is 1.74. The zero-order chi connectivity index (χ0) is 13.8. The lowest BCUT2D eigenvalue weighted by Gasteiger charge is -2.14. The third kappa shape index (κ3) is 3.45. The van der Waals surface area contributed by atoms with Gasteiger partial charge in [-0.1, -0.05) is 0 Å². The SMILES string of the molecule is COc1ccc([C@@H](C)O)c(OCc2nc(C)cs2)c1. The summed E-state index contributed by atoms with van der Waals surface area (Å²) in [5.74, 6) is 1.33.